The third-order valence-corrected chi connectivity index (χ3v) is 4.34. The fourth-order valence-electron chi connectivity index (χ4n) is 2.33. The molecule has 0 saturated carbocycles. The standard InChI is InChI=1S/C12H16N4OS/c1-17-11-7-15(3-4-16-9-13-8-14-16)6-10-2-5-18-12(10)11/h2,5,8-9,11H,3-4,6-7H2,1H3. The molecule has 2 aromatic heterocycles. The number of hydrogen-bond acceptors (Lipinski definition) is 5. The van der Waals surface area contributed by atoms with Crippen LogP contribution < -0.4 is 0 Å². The average molecular weight is 264 g/mol. The van der Waals surface area contributed by atoms with Crippen LogP contribution in [0.3, 0.4) is 0 Å². The highest BCUT2D eigenvalue weighted by atomic mass is 32.1. The Morgan fingerprint density at radius 1 is 1.50 bits per heavy atom. The maximum absolute atomic E-state index is 5.58. The normalized spacial score (nSPS) is 19.9. The maximum Gasteiger partial charge on any atom is 0.137 e. The Kier molecular flexibility index (Phi) is 3.40. The van der Waals surface area contributed by atoms with Gasteiger partial charge in [-0.05, 0) is 17.0 Å². The molecule has 0 spiro atoms. The summed E-state index contributed by atoms with van der Waals surface area (Å²) >= 11 is 1.80. The molecule has 1 aliphatic rings. The Balaban J connectivity index is 1.65. The smallest absolute Gasteiger partial charge is 0.137 e. The van der Waals surface area contributed by atoms with E-state index in [2.05, 4.69) is 26.4 Å². The Labute approximate surface area is 110 Å². The predicted molar refractivity (Wildman–Crippen MR) is 69.4 cm³/mol. The molecule has 0 aliphatic carbocycles. The summed E-state index contributed by atoms with van der Waals surface area (Å²) in [6, 6.07) is 2.20. The van der Waals surface area contributed by atoms with Crippen molar-refractivity contribution < 1.29 is 4.74 Å². The van der Waals surface area contributed by atoms with Crippen LogP contribution in [0.2, 0.25) is 0 Å². The van der Waals surface area contributed by atoms with Crippen LogP contribution in [0, 0.1) is 0 Å². The molecule has 1 atom stereocenters. The molecular formula is C12H16N4OS. The Bertz CT molecular complexity index is 496. The lowest BCUT2D eigenvalue weighted by Gasteiger charge is -2.31. The summed E-state index contributed by atoms with van der Waals surface area (Å²) < 4.78 is 7.44. The lowest BCUT2D eigenvalue weighted by molar-refractivity contribution is 0.0495. The molecule has 6 heteroatoms. The van der Waals surface area contributed by atoms with Gasteiger partial charge in [-0.2, -0.15) is 5.10 Å². The summed E-state index contributed by atoms with van der Waals surface area (Å²) in [6.45, 7) is 3.81. The number of fused-ring (bicyclic) bond motifs is 1. The summed E-state index contributed by atoms with van der Waals surface area (Å²) in [5, 5.41) is 6.27. The SMILES string of the molecule is COC1CN(CCn2cncn2)Cc2ccsc21. The van der Waals surface area contributed by atoms with Crippen molar-refractivity contribution in [3.63, 3.8) is 0 Å². The molecule has 0 aromatic carbocycles. The van der Waals surface area contributed by atoms with Crippen LogP contribution in [0.1, 0.15) is 16.5 Å². The third kappa shape index (κ3) is 2.31. The summed E-state index contributed by atoms with van der Waals surface area (Å²) in [5.74, 6) is 0. The fourth-order valence-corrected chi connectivity index (χ4v) is 3.31. The highest BCUT2D eigenvalue weighted by Crippen LogP contribution is 2.32. The first-order valence-corrected chi connectivity index (χ1v) is 6.88. The molecule has 1 aliphatic heterocycles. The first kappa shape index (κ1) is 11.8. The van der Waals surface area contributed by atoms with Crippen molar-refractivity contribution >= 4 is 11.3 Å². The molecule has 1 unspecified atom stereocenters. The summed E-state index contributed by atoms with van der Waals surface area (Å²) in [5.41, 5.74) is 1.40. The van der Waals surface area contributed by atoms with E-state index in [1.807, 2.05) is 4.68 Å². The summed E-state index contributed by atoms with van der Waals surface area (Å²) in [6.07, 6.45) is 3.54. The van der Waals surface area contributed by atoms with Gasteiger partial charge in [-0.25, -0.2) is 4.98 Å². The molecule has 0 radical (unpaired) electrons. The number of rotatable bonds is 4. The fraction of sp³-hybridized carbons (Fsp3) is 0.500. The topological polar surface area (TPSA) is 43.2 Å². The minimum absolute atomic E-state index is 0.212. The second-order valence-electron chi connectivity index (χ2n) is 4.43. The van der Waals surface area contributed by atoms with Gasteiger partial charge in [-0.1, -0.05) is 0 Å². The van der Waals surface area contributed by atoms with Gasteiger partial charge >= 0.3 is 0 Å². The minimum atomic E-state index is 0.212. The monoisotopic (exact) mass is 264 g/mol. The Hall–Kier alpha value is -1.24. The number of nitrogens with zero attached hydrogens (tertiary/aromatic N) is 4. The number of thiophene rings is 1. The Morgan fingerprint density at radius 2 is 2.44 bits per heavy atom. The summed E-state index contributed by atoms with van der Waals surface area (Å²) in [4.78, 5) is 7.75. The van der Waals surface area contributed by atoms with Crippen LogP contribution in [-0.2, 0) is 17.8 Å². The van der Waals surface area contributed by atoms with Crippen LogP contribution in [-0.4, -0.2) is 39.9 Å². The zero-order valence-electron chi connectivity index (χ0n) is 10.3. The van der Waals surface area contributed by atoms with E-state index < -0.39 is 0 Å². The van der Waals surface area contributed by atoms with E-state index in [-0.39, 0.29) is 6.10 Å². The van der Waals surface area contributed by atoms with Crippen molar-refractivity contribution in [2.24, 2.45) is 0 Å². The van der Waals surface area contributed by atoms with Crippen molar-refractivity contribution in [1.29, 1.82) is 0 Å². The average Bonchev–Trinajstić information content (AvgIpc) is 3.06. The summed E-state index contributed by atoms with van der Waals surface area (Å²) in [7, 11) is 1.79. The van der Waals surface area contributed by atoms with Gasteiger partial charge in [0.2, 0.25) is 0 Å². The van der Waals surface area contributed by atoms with Crippen molar-refractivity contribution in [1.82, 2.24) is 19.7 Å². The van der Waals surface area contributed by atoms with E-state index in [4.69, 9.17) is 4.74 Å². The van der Waals surface area contributed by atoms with Gasteiger partial charge in [0.05, 0.1) is 6.54 Å². The van der Waals surface area contributed by atoms with Gasteiger partial charge in [0.1, 0.15) is 18.8 Å². The van der Waals surface area contributed by atoms with E-state index in [0.29, 0.717) is 0 Å². The van der Waals surface area contributed by atoms with E-state index in [9.17, 15) is 0 Å². The third-order valence-electron chi connectivity index (χ3n) is 3.29. The van der Waals surface area contributed by atoms with Crippen molar-refractivity contribution in [2.75, 3.05) is 20.2 Å². The quantitative estimate of drug-likeness (QED) is 0.840. The molecule has 96 valence electrons. The number of ether oxygens (including phenoxy) is 1. The molecular weight excluding hydrogens is 248 g/mol. The van der Waals surface area contributed by atoms with Crippen LogP contribution in [0.25, 0.3) is 0 Å². The molecule has 3 rings (SSSR count). The van der Waals surface area contributed by atoms with Gasteiger partial charge in [-0.15, -0.1) is 11.3 Å². The zero-order valence-corrected chi connectivity index (χ0v) is 11.1. The molecule has 0 amide bonds. The predicted octanol–water partition coefficient (Wildman–Crippen LogP) is 1.54. The van der Waals surface area contributed by atoms with Crippen molar-refractivity contribution in [3.8, 4) is 0 Å². The van der Waals surface area contributed by atoms with E-state index in [1.54, 1.807) is 31.1 Å². The van der Waals surface area contributed by atoms with Crippen LogP contribution >= 0.6 is 11.3 Å². The van der Waals surface area contributed by atoms with E-state index in [0.717, 1.165) is 26.2 Å². The lowest BCUT2D eigenvalue weighted by Crippen LogP contribution is -2.35. The van der Waals surface area contributed by atoms with Gasteiger partial charge in [0, 0.05) is 31.6 Å². The lowest BCUT2D eigenvalue weighted by atomic mass is 10.1. The molecule has 0 bridgehead atoms. The first-order valence-electron chi connectivity index (χ1n) is 6.00. The van der Waals surface area contributed by atoms with Crippen LogP contribution in [0.15, 0.2) is 24.1 Å². The van der Waals surface area contributed by atoms with Gasteiger partial charge < -0.3 is 4.74 Å². The maximum atomic E-state index is 5.58. The molecule has 18 heavy (non-hydrogen) atoms. The van der Waals surface area contributed by atoms with Crippen molar-refractivity contribution in [2.45, 2.75) is 19.2 Å². The molecule has 5 nitrogen and oxygen atoms in total. The Morgan fingerprint density at radius 3 is 3.22 bits per heavy atom. The molecule has 0 saturated heterocycles. The number of aromatic nitrogens is 3. The van der Waals surface area contributed by atoms with Crippen molar-refractivity contribution in [3.05, 3.63) is 34.5 Å². The second-order valence-corrected chi connectivity index (χ2v) is 5.38. The number of methoxy groups -OCH3 is 1. The van der Waals surface area contributed by atoms with E-state index in [1.165, 1.54) is 10.4 Å². The number of hydrogen-bond donors (Lipinski definition) is 0. The molecule has 0 N–H and O–H groups in total. The second kappa shape index (κ2) is 5.17. The van der Waals surface area contributed by atoms with Crippen LogP contribution in [0.5, 0.6) is 0 Å². The molecule has 3 heterocycles. The minimum Gasteiger partial charge on any atom is -0.375 e. The molecule has 0 fully saturated rings. The van der Waals surface area contributed by atoms with Gasteiger partial charge in [-0.3, -0.25) is 9.58 Å². The first-order chi connectivity index (χ1) is 8.86. The highest BCUT2D eigenvalue weighted by molar-refractivity contribution is 7.10. The van der Waals surface area contributed by atoms with Gasteiger partial charge in [0.15, 0.2) is 0 Å². The largest absolute Gasteiger partial charge is 0.375 e. The zero-order chi connectivity index (χ0) is 12.4. The highest BCUT2D eigenvalue weighted by Gasteiger charge is 2.25. The van der Waals surface area contributed by atoms with Gasteiger partial charge in [0.25, 0.3) is 0 Å². The van der Waals surface area contributed by atoms with Crippen LogP contribution in [0.4, 0.5) is 0 Å². The van der Waals surface area contributed by atoms with E-state index >= 15 is 0 Å². The molecule has 2 aromatic rings.